The van der Waals surface area contributed by atoms with Crippen LogP contribution in [0.25, 0.3) is 11.1 Å². The van der Waals surface area contributed by atoms with Crippen LogP contribution in [0.4, 0.5) is 18.9 Å². The van der Waals surface area contributed by atoms with Gasteiger partial charge in [-0.1, -0.05) is 68.4 Å². The summed E-state index contributed by atoms with van der Waals surface area (Å²) in [5.74, 6) is -1.62. The van der Waals surface area contributed by atoms with Gasteiger partial charge in [0.2, 0.25) is 0 Å². The Morgan fingerprint density at radius 3 is 2.38 bits per heavy atom. The van der Waals surface area contributed by atoms with Gasteiger partial charge in [0.15, 0.2) is 0 Å². The highest BCUT2D eigenvalue weighted by Crippen LogP contribution is 2.46. The standard InChI is InChI=1S/C34H40F3NO2/c1-5-40-33(39)31(19-23(2)3)30-22-28(21-29(32(30)34(35,36)37)25-14-7-6-8-15-25)38-18-12-11-17-27(38)20-26-16-10-9-13-24(26)4/h6-10,13-16,21-23,27,31H,5,11-12,17-20H2,1-4H3. The summed E-state index contributed by atoms with van der Waals surface area (Å²) in [6, 6.07) is 20.5. The average molecular weight is 552 g/mol. The molecular formula is C34H40F3NO2. The molecule has 3 aromatic carbocycles. The minimum Gasteiger partial charge on any atom is -0.466 e. The molecule has 3 aromatic rings. The number of hydrogen-bond acceptors (Lipinski definition) is 3. The lowest BCUT2D eigenvalue weighted by Gasteiger charge is -2.39. The van der Waals surface area contributed by atoms with Crippen LogP contribution in [-0.4, -0.2) is 25.2 Å². The molecule has 6 heteroatoms. The van der Waals surface area contributed by atoms with Crippen molar-refractivity contribution in [3.05, 3.63) is 89.0 Å². The molecule has 214 valence electrons. The van der Waals surface area contributed by atoms with Crippen LogP contribution in [-0.2, 0) is 22.1 Å². The molecule has 2 unspecified atom stereocenters. The largest absolute Gasteiger partial charge is 0.466 e. The second-order valence-corrected chi connectivity index (χ2v) is 11.2. The van der Waals surface area contributed by atoms with Crippen LogP contribution >= 0.6 is 0 Å². The van der Waals surface area contributed by atoms with Crippen molar-refractivity contribution in [1.82, 2.24) is 0 Å². The molecule has 1 saturated heterocycles. The summed E-state index contributed by atoms with van der Waals surface area (Å²) < 4.78 is 50.2. The van der Waals surface area contributed by atoms with E-state index < -0.39 is 23.6 Å². The molecule has 0 N–H and O–H groups in total. The Labute approximate surface area is 236 Å². The van der Waals surface area contributed by atoms with Crippen LogP contribution in [0, 0.1) is 12.8 Å². The van der Waals surface area contributed by atoms with E-state index in [0.29, 0.717) is 5.56 Å². The number of alkyl halides is 3. The first-order valence-electron chi connectivity index (χ1n) is 14.4. The summed E-state index contributed by atoms with van der Waals surface area (Å²) in [4.78, 5) is 15.5. The Morgan fingerprint density at radius 1 is 1.02 bits per heavy atom. The number of esters is 1. The lowest BCUT2D eigenvalue weighted by molar-refractivity contribution is -0.146. The highest BCUT2D eigenvalue weighted by Gasteiger charge is 2.41. The molecule has 0 bridgehead atoms. The van der Waals surface area contributed by atoms with Gasteiger partial charge in [-0.3, -0.25) is 4.79 Å². The van der Waals surface area contributed by atoms with Crippen molar-refractivity contribution >= 4 is 11.7 Å². The Bertz CT molecular complexity index is 1290. The SMILES string of the molecule is CCOC(=O)C(CC(C)C)c1cc(N2CCCCC2Cc2ccccc2C)cc(-c2ccccc2)c1C(F)(F)F. The first kappa shape index (κ1) is 29.7. The van der Waals surface area contributed by atoms with Gasteiger partial charge in [0.1, 0.15) is 0 Å². The molecule has 0 radical (unpaired) electrons. The molecule has 2 atom stereocenters. The maximum absolute atomic E-state index is 15.0. The van der Waals surface area contributed by atoms with Crippen molar-refractivity contribution in [2.75, 3.05) is 18.1 Å². The number of piperidine rings is 1. The van der Waals surface area contributed by atoms with Crippen LogP contribution in [0.15, 0.2) is 66.7 Å². The van der Waals surface area contributed by atoms with Crippen molar-refractivity contribution in [3.8, 4) is 11.1 Å². The number of nitrogens with zero attached hydrogens (tertiary/aromatic N) is 1. The molecule has 0 aliphatic carbocycles. The normalized spacial score (nSPS) is 16.7. The van der Waals surface area contributed by atoms with E-state index in [9.17, 15) is 18.0 Å². The predicted octanol–water partition coefficient (Wildman–Crippen LogP) is 8.98. The first-order chi connectivity index (χ1) is 19.1. The molecule has 0 spiro atoms. The molecule has 1 heterocycles. The monoisotopic (exact) mass is 551 g/mol. The van der Waals surface area contributed by atoms with E-state index in [2.05, 4.69) is 24.0 Å². The van der Waals surface area contributed by atoms with Crippen LogP contribution in [0.5, 0.6) is 0 Å². The number of aryl methyl sites for hydroxylation is 1. The third-order valence-corrected chi connectivity index (χ3v) is 7.85. The summed E-state index contributed by atoms with van der Waals surface area (Å²) in [6.45, 7) is 8.50. The zero-order chi connectivity index (χ0) is 28.9. The van der Waals surface area contributed by atoms with Crippen LogP contribution in [0.3, 0.4) is 0 Å². The number of hydrogen-bond donors (Lipinski definition) is 0. The maximum atomic E-state index is 15.0. The van der Waals surface area contributed by atoms with Crippen LogP contribution < -0.4 is 4.90 Å². The zero-order valence-corrected chi connectivity index (χ0v) is 23.9. The number of benzene rings is 3. The van der Waals surface area contributed by atoms with Gasteiger partial charge in [0.05, 0.1) is 18.1 Å². The summed E-state index contributed by atoms with van der Waals surface area (Å²) >= 11 is 0. The molecule has 1 aliphatic heterocycles. The molecule has 1 fully saturated rings. The smallest absolute Gasteiger partial charge is 0.417 e. The summed E-state index contributed by atoms with van der Waals surface area (Å²) in [6.07, 6.45) is -0.565. The van der Waals surface area contributed by atoms with Crippen molar-refractivity contribution in [2.45, 2.75) is 77.9 Å². The number of halogens is 3. The molecule has 0 amide bonds. The van der Waals surface area contributed by atoms with Gasteiger partial charge in [-0.05, 0) is 91.8 Å². The third-order valence-electron chi connectivity index (χ3n) is 7.85. The highest BCUT2D eigenvalue weighted by atomic mass is 19.4. The van der Waals surface area contributed by atoms with Crippen molar-refractivity contribution < 1.29 is 22.7 Å². The van der Waals surface area contributed by atoms with E-state index in [0.717, 1.165) is 37.9 Å². The molecular weight excluding hydrogens is 511 g/mol. The molecule has 3 nitrogen and oxygen atoms in total. The van der Waals surface area contributed by atoms with E-state index in [1.807, 2.05) is 26.0 Å². The number of anilines is 1. The van der Waals surface area contributed by atoms with Crippen molar-refractivity contribution in [3.63, 3.8) is 0 Å². The second-order valence-electron chi connectivity index (χ2n) is 11.2. The van der Waals surface area contributed by atoms with E-state index in [-0.39, 0.29) is 36.1 Å². The Morgan fingerprint density at radius 2 is 1.73 bits per heavy atom. The van der Waals surface area contributed by atoms with Gasteiger partial charge < -0.3 is 9.64 Å². The second kappa shape index (κ2) is 12.9. The highest BCUT2D eigenvalue weighted by molar-refractivity contribution is 5.83. The summed E-state index contributed by atoms with van der Waals surface area (Å²) in [7, 11) is 0. The number of carbonyl (C=O) groups excluding carboxylic acids is 1. The average Bonchev–Trinajstić information content (AvgIpc) is 2.92. The fraction of sp³-hybridized carbons (Fsp3) is 0.441. The van der Waals surface area contributed by atoms with Gasteiger partial charge >= 0.3 is 12.1 Å². The number of ether oxygens (including phenoxy) is 1. The number of carbonyl (C=O) groups is 1. The van der Waals surface area contributed by atoms with Crippen LogP contribution in [0.2, 0.25) is 0 Å². The van der Waals surface area contributed by atoms with Crippen LogP contribution in [0.1, 0.15) is 74.6 Å². The van der Waals surface area contributed by atoms with Gasteiger partial charge in [-0.2, -0.15) is 13.2 Å². The fourth-order valence-electron chi connectivity index (χ4n) is 5.96. The predicted molar refractivity (Wildman–Crippen MR) is 156 cm³/mol. The molecule has 4 rings (SSSR count). The molecule has 0 saturated carbocycles. The number of rotatable bonds is 9. The zero-order valence-electron chi connectivity index (χ0n) is 23.9. The minimum absolute atomic E-state index is 0.00288. The lowest BCUT2D eigenvalue weighted by Crippen LogP contribution is -2.41. The Hall–Kier alpha value is -3.28. The lowest BCUT2D eigenvalue weighted by atomic mass is 9.83. The minimum atomic E-state index is -4.65. The quantitative estimate of drug-likeness (QED) is 0.249. The van der Waals surface area contributed by atoms with Crippen molar-refractivity contribution in [2.24, 2.45) is 5.92 Å². The Kier molecular flexibility index (Phi) is 9.60. The van der Waals surface area contributed by atoms with E-state index >= 15 is 0 Å². The summed E-state index contributed by atoms with van der Waals surface area (Å²) in [5.41, 5.74) is 3.06. The fourth-order valence-corrected chi connectivity index (χ4v) is 5.96. The molecule has 40 heavy (non-hydrogen) atoms. The van der Waals surface area contributed by atoms with Gasteiger partial charge in [0, 0.05) is 18.3 Å². The van der Waals surface area contributed by atoms with E-state index in [4.69, 9.17) is 4.74 Å². The molecule has 0 aromatic heterocycles. The Balaban J connectivity index is 1.93. The maximum Gasteiger partial charge on any atom is 0.417 e. The van der Waals surface area contributed by atoms with Gasteiger partial charge in [-0.15, -0.1) is 0 Å². The third kappa shape index (κ3) is 6.89. The van der Waals surface area contributed by atoms with E-state index in [1.54, 1.807) is 49.4 Å². The van der Waals surface area contributed by atoms with Gasteiger partial charge in [0.25, 0.3) is 0 Å². The van der Waals surface area contributed by atoms with E-state index in [1.165, 1.54) is 11.1 Å². The topological polar surface area (TPSA) is 29.5 Å². The molecule has 1 aliphatic rings. The summed E-state index contributed by atoms with van der Waals surface area (Å²) in [5, 5.41) is 0. The first-order valence-corrected chi connectivity index (χ1v) is 14.4. The van der Waals surface area contributed by atoms with Crippen molar-refractivity contribution in [1.29, 1.82) is 0 Å². The van der Waals surface area contributed by atoms with Gasteiger partial charge in [-0.25, -0.2) is 0 Å².